The van der Waals surface area contributed by atoms with Gasteiger partial charge >= 0.3 is 5.97 Å². The molecule has 1 aromatic carbocycles. The summed E-state index contributed by atoms with van der Waals surface area (Å²) in [6.07, 6.45) is 4.09. The molecule has 1 amide bonds. The SMILES string of the molecule is CCOC(=O)[C@]1(Cc2cccc(Cl)c2)CCCN(C(=O)C2CC2)C1. The van der Waals surface area contributed by atoms with E-state index in [2.05, 4.69) is 0 Å². The van der Waals surface area contributed by atoms with Crippen LogP contribution >= 0.6 is 11.6 Å². The lowest BCUT2D eigenvalue weighted by Gasteiger charge is -2.41. The van der Waals surface area contributed by atoms with E-state index >= 15 is 0 Å². The molecule has 1 saturated heterocycles. The molecule has 130 valence electrons. The van der Waals surface area contributed by atoms with Crippen LogP contribution in [0.3, 0.4) is 0 Å². The van der Waals surface area contributed by atoms with Crippen molar-refractivity contribution in [1.29, 1.82) is 0 Å². The lowest BCUT2D eigenvalue weighted by atomic mass is 9.75. The molecule has 1 atom stereocenters. The number of likely N-dealkylation sites (tertiary alicyclic amines) is 1. The number of rotatable bonds is 5. The topological polar surface area (TPSA) is 46.6 Å². The minimum Gasteiger partial charge on any atom is -0.466 e. The van der Waals surface area contributed by atoms with Gasteiger partial charge in [0.1, 0.15) is 0 Å². The first-order valence-corrected chi connectivity index (χ1v) is 9.12. The second kappa shape index (κ2) is 7.14. The number of carbonyl (C=O) groups is 2. The summed E-state index contributed by atoms with van der Waals surface area (Å²) in [4.78, 5) is 27.1. The van der Waals surface area contributed by atoms with E-state index in [9.17, 15) is 9.59 Å². The second-order valence-electron chi connectivity index (χ2n) is 6.95. The predicted molar refractivity (Wildman–Crippen MR) is 92.8 cm³/mol. The Balaban J connectivity index is 1.84. The minimum absolute atomic E-state index is 0.175. The van der Waals surface area contributed by atoms with Crippen LogP contribution in [0.4, 0.5) is 0 Å². The molecule has 1 aliphatic carbocycles. The number of hydrogen-bond donors (Lipinski definition) is 0. The van der Waals surface area contributed by atoms with E-state index in [0.29, 0.717) is 24.6 Å². The number of nitrogens with zero attached hydrogens (tertiary/aromatic N) is 1. The lowest BCUT2D eigenvalue weighted by molar-refractivity contribution is -0.161. The van der Waals surface area contributed by atoms with Gasteiger partial charge in [-0.1, -0.05) is 23.7 Å². The Labute approximate surface area is 148 Å². The van der Waals surface area contributed by atoms with E-state index in [1.807, 2.05) is 36.1 Å². The van der Waals surface area contributed by atoms with E-state index in [0.717, 1.165) is 37.8 Å². The molecule has 0 radical (unpaired) electrons. The first-order valence-electron chi connectivity index (χ1n) is 8.74. The van der Waals surface area contributed by atoms with Crippen molar-refractivity contribution in [3.63, 3.8) is 0 Å². The average Bonchev–Trinajstić information content (AvgIpc) is 3.39. The van der Waals surface area contributed by atoms with Crippen molar-refractivity contribution < 1.29 is 14.3 Å². The summed E-state index contributed by atoms with van der Waals surface area (Å²) in [5.74, 6) is 0.182. The van der Waals surface area contributed by atoms with E-state index < -0.39 is 5.41 Å². The number of benzene rings is 1. The largest absolute Gasteiger partial charge is 0.466 e. The van der Waals surface area contributed by atoms with Crippen molar-refractivity contribution in [3.05, 3.63) is 34.9 Å². The number of esters is 1. The van der Waals surface area contributed by atoms with Gasteiger partial charge in [-0.15, -0.1) is 0 Å². The quantitative estimate of drug-likeness (QED) is 0.765. The molecule has 1 aromatic rings. The highest BCUT2D eigenvalue weighted by atomic mass is 35.5. The molecule has 1 saturated carbocycles. The Kier molecular flexibility index (Phi) is 5.14. The van der Waals surface area contributed by atoms with Crippen molar-refractivity contribution in [3.8, 4) is 0 Å². The smallest absolute Gasteiger partial charge is 0.314 e. The van der Waals surface area contributed by atoms with Gasteiger partial charge < -0.3 is 9.64 Å². The molecule has 0 N–H and O–H groups in total. The molecule has 0 aromatic heterocycles. The van der Waals surface area contributed by atoms with Crippen molar-refractivity contribution in [1.82, 2.24) is 4.90 Å². The molecular weight excluding hydrogens is 326 g/mol. The van der Waals surface area contributed by atoms with Crippen LogP contribution in [0.15, 0.2) is 24.3 Å². The van der Waals surface area contributed by atoms with Gasteiger partial charge in [0.25, 0.3) is 0 Å². The zero-order chi connectivity index (χ0) is 17.2. The zero-order valence-electron chi connectivity index (χ0n) is 14.1. The fraction of sp³-hybridized carbons (Fsp3) is 0.579. The van der Waals surface area contributed by atoms with Crippen molar-refractivity contribution in [2.45, 2.75) is 39.0 Å². The van der Waals surface area contributed by atoms with Gasteiger partial charge in [-0.25, -0.2) is 0 Å². The van der Waals surface area contributed by atoms with Gasteiger partial charge in [0.15, 0.2) is 0 Å². The maximum atomic E-state index is 12.8. The Morgan fingerprint density at radius 3 is 2.83 bits per heavy atom. The maximum Gasteiger partial charge on any atom is 0.314 e. The molecule has 4 nitrogen and oxygen atoms in total. The van der Waals surface area contributed by atoms with Crippen LogP contribution in [0.25, 0.3) is 0 Å². The van der Waals surface area contributed by atoms with E-state index in [1.54, 1.807) is 0 Å². The summed E-state index contributed by atoms with van der Waals surface area (Å²) in [5.41, 5.74) is 0.347. The van der Waals surface area contributed by atoms with Gasteiger partial charge in [-0.3, -0.25) is 9.59 Å². The van der Waals surface area contributed by atoms with Crippen LogP contribution in [0, 0.1) is 11.3 Å². The van der Waals surface area contributed by atoms with Gasteiger partial charge in [0, 0.05) is 24.0 Å². The summed E-state index contributed by atoms with van der Waals surface area (Å²) in [7, 11) is 0. The highest BCUT2D eigenvalue weighted by Gasteiger charge is 2.46. The second-order valence-corrected chi connectivity index (χ2v) is 7.38. The normalized spacial score (nSPS) is 23.8. The Morgan fingerprint density at radius 1 is 1.38 bits per heavy atom. The third-order valence-electron chi connectivity index (χ3n) is 4.96. The standard InChI is InChI=1S/C19H24ClNO3/c1-2-24-18(23)19(12-14-5-3-6-16(20)11-14)9-4-10-21(13-19)17(22)15-7-8-15/h3,5-6,11,15H,2,4,7-10,12-13H2,1H3/t19-/m0/s1. The van der Waals surface area contributed by atoms with Crippen LogP contribution in [0.1, 0.15) is 38.2 Å². The first-order chi connectivity index (χ1) is 11.5. The molecule has 1 heterocycles. The van der Waals surface area contributed by atoms with Gasteiger partial charge in [0.05, 0.1) is 12.0 Å². The van der Waals surface area contributed by atoms with Crippen molar-refractivity contribution >= 4 is 23.5 Å². The van der Waals surface area contributed by atoms with Crippen molar-refractivity contribution in [2.24, 2.45) is 11.3 Å². The fourth-order valence-electron chi connectivity index (χ4n) is 3.61. The molecule has 5 heteroatoms. The van der Waals surface area contributed by atoms with Gasteiger partial charge in [-0.05, 0) is 56.7 Å². The number of ether oxygens (including phenoxy) is 1. The summed E-state index contributed by atoms with van der Waals surface area (Å²) in [6, 6.07) is 7.59. The monoisotopic (exact) mass is 349 g/mol. The Morgan fingerprint density at radius 2 is 2.17 bits per heavy atom. The summed E-state index contributed by atoms with van der Waals surface area (Å²) in [6.45, 7) is 3.37. The van der Waals surface area contributed by atoms with Crippen LogP contribution in [-0.2, 0) is 20.7 Å². The number of amides is 1. The Bertz CT molecular complexity index is 629. The van der Waals surface area contributed by atoms with Gasteiger partial charge in [-0.2, -0.15) is 0 Å². The molecule has 0 bridgehead atoms. The Hall–Kier alpha value is -1.55. The zero-order valence-corrected chi connectivity index (χ0v) is 14.8. The maximum absolute atomic E-state index is 12.8. The number of halogens is 1. The molecule has 2 fully saturated rings. The minimum atomic E-state index is -0.663. The number of hydrogen-bond acceptors (Lipinski definition) is 3. The summed E-state index contributed by atoms with van der Waals surface area (Å²) in [5, 5.41) is 0.660. The first kappa shape index (κ1) is 17.3. The van der Waals surface area contributed by atoms with E-state index in [4.69, 9.17) is 16.3 Å². The molecule has 0 unspecified atom stereocenters. The molecule has 0 spiro atoms. The van der Waals surface area contributed by atoms with Gasteiger partial charge in [0.2, 0.25) is 5.91 Å². The molecular formula is C19H24ClNO3. The highest BCUT2D eigenvalue weighted by Crippen LogP contribution is 2.38. The predicted octanol–water partition coefficient (Wildman–Crippen LogP) is 3.46. The lowest BCUT2D eigenvalue weighted by Crippen LogP contribution is -2.52. The van der Waals surface area contributed by atoms with Crippen molar-refractivity contribution in [2.75, 3.05) is 19.7 Å². The third kappa shape index (κ3) is 3.75. The van der Waals surface area contributed by atoms with Crippen LogP contribution in [-0.4, -0.2) is 36.5 Å². The average molecular weight is 350 g/mol. The third-order valence-corrected chi connectivity index (χ3v) is 5.19. The molecule has 2 aliphatic rings. The van der Waals surface area contributed by atoms with E-state index in [-0.39, 0.29) is 17.8 Å². The number of carbonyl (C=O) groups excluding carboxylic acids is 2. The molecule has 1 aliphatic heterocycles. The van der Waals surface area contributed by atoms with Crippen LogP contribution in [0.2, 0.25) is 5.02 Å². The molecule has 3 rings (SSSR count). The van der Waals surface area contributed by atoms with Crippen LogP contribution in [0.5, 0.6) is 0 Å². The number of piperidine rings is 1. The summed E-state index contributed by atoms with van der Waals surface area (Å²) < 4.78 is 5.38. The summed E-state index contributed by atoms with van der Waals surface area (Å²) >= 11 is 6.10. The van der Waals surface area contributed by atoms with Crippen LogP contribution < -0.4 is 0 Å². The van der Waals surface area contributed by atoms with E-state index in [1.165, 1.54) is 0 Å². The fourth-order valence-corrected chi connectivity index (χ4v) is 3.83. The highest BCUT2D eigenvalue weighted by molar-refractivity contribution is 6.30. The molecule has 24 heavy (non-hydrogen) atoms.